The average Bonchev–Trinajstić information content (AvgIpc) is 3.33. The highest BCUT2D eigenvalue weighted by atomic mass is 28.3. The molecule has 0 amide bonds. The Morgan fingerprint density at radius 3 is 1.73 bits per heavy atom. The highest BCUT2D eigenvalue weighted by Crippen LogP contribution is 2.40. The molecule has 6 aromatic rings. The SMILES string of the molecule is CC(C)(C)c1ccc2c(c1)N(B1c3ccccc3-n3c4ccccc4c4cccc1c43)c1cc(C(C)(C)C)ccc1[Si]2(C)C. The molecule has 3 heterocycles. The third-order valence-electron chi connectivity index (χ3n) is 10.3. The minimum absolute atomic E-state index is 0.0414. The number of hydrogen-bond acceptors (Lipinski definition) is 1. The van der Waals surface area contributed by atoms with Crippen LogP contribution in [0.15, 0.2) is 103 Å². The second kappa shape index (κ2) is 9.01. The Balaban J connectivity index is 1.52. The Kier molecular flexibility index (Phi) is 5.64. The van der Waals surface area contributed by atoms with Crippen molar-refractivity contribution in [1.29, 1.82) is 0 Å². The Bertz CT molecular complexity index is 2070. The van der Waals surface area contributed by atoms with Crippen LogP contribution in [-0.4, -0.2) is 19.5 Å². The van der Waals surface area contributed by atoms with Crippen molar-refractivity contribution in [3.05, 3.63) is 114 Å². The first-order valence-corrected chi connectivity index (χ1v) is 19.1. The van der Waals surface area contributed by atoms with Gasteiger partial charge in [-0.2, -0.15) is 0 Å². The summed E-state index contributed by atoms with van der Waals surface area (Å²) in [6, 6.07) is 39.8. The molecule has 0 saturated heterocycles. The van der Waals surface area contributed by atoms with Crippen LogP contribution in [0, 0.1) is 0 Å². The van der Waals surface area contributed by atoms with Gasteiger partial charge in [0.15, 0.2) is 0 Å². The van der Waals surface area contributed by atoms with Gasteiger partial charge in [-0.1, -0.05) is 133 Å². The lowest BCUT2D eigenvalue weighted by Crippen LogP contribution is -2.66. The Morgan fingerprint density at radius 2 is 1.09 bits per heavy atom. The molecule has 5 aromatic carbocycles. The van der Waals surface area contributed by atoms with Gasteiger partial charge in [0.25, 0.3) is 0 Å². The molecule has 2 nitrogen and oxygen atoms in total. The van der Waals surface area contributed by atoms with Crippen molar-refractivity contribution >= 4 is 69.4 Å². The van der Waals surface area contributed by atoms with Gasteiger partial charge in [0.05, 0.1) is 11.0 Å². The summed E-state index contributed by atoms with van der Waals surface area (Å²) in [7, 11) is -2.00. The number of aromatic nitrogens is 1. The van der Waals surface area contributed by atoms with E-state index in [0.29, 0.717) is 0 Å². The maximum absolute atomic E-state index is 2.74. The van der Waals surface area contributed by atoms with Gasteiger partial charge in [-0.25, -0.2) is 0 Å². The van der Waals surface area contributed by atoms with E-state index in [9.17, 15) is 0 Å². The second-order valence-corrected chi connectivity index (χ2v) is 19.8. The molecule has 4 heteroatoms. The smallest absolute Gasteiger partial charge is 0.332 e. The largest absolute Gasteiger partial charge is 0.377 e. The fourth-order valence-electron chi connectivity index (χ4n) is 7.89. The summed E-state index contributed by atoms with van der Waals surface area (Å²) in [6.45, 7) is 19.2. The van der Waals surface area contributed by atoms with Crippen molar-refractivity contribution in [2.45, 2.75) is 65.5 Å². The predicted molar refractivity (Wildman–Crippen MR) is 195 cm³/mol. The Hall–Kier alpha value is -4.02. The topological polar surface area (TPSA) is 8.17 Å². The Labute approximate surface area is 263 Å². The van der Waals surface area contributed by atoms with Crippen molar-refractivity contribution in [3.8, 4) is 5.69 Å². The molecule has 0 N–H and O–H groups in total. The van der Waals surface area contributed by atoms with Crippen LogP contribution in [0.1, 0.15) is 52.7 Å². The minimum Gasteiger partial charge on any atom is -0.377 e. The number of rotatable bonds is 1. The first-order valence-electron chi connectivity index (χ1n) is 16.1. The van der Waals surface area contributed by atoms with E-state index in [0.717, 1.165) is 0 Å². The van der Waals surface area contributed by atoms with Crippen molar-refractivity contribution in [2.24, 2.45) is 0 Å². The van der Waals surface area contributed by atoms with E-state index in [1.807, 2.05) is 0 Å². The Morgan fingerprint density at radius 1 is 0.545 bits per heavy atom. The summed E-state index contributed by atoms with van der Waals surface area (Å²) in [4.78, 5) is 2.74. The van der Waals surface area contributed by atoms with Crippen LogP contribution in [0.2, 0.25) is 13.1 Å². The zero-order chi connectivity index (χ0) is 30.8. The molecule has 2 aliphatic rings. The lowest BCUT2D eigenvalue weighted by Gasteiger charge is -2.46. The van der Waals surface area contributed by atoms with E-state index in [4.69, 9.17) is 0 Å². The molecular weight excluding hydrogens is 547 g/mol. The summed E-state index contributed by atoms with van der Waals surface area (Å²) in [5.41, 5.74) is 12.3. The lowest BCUT2D eigenvalue weighted by molar-refractivity contribution is 0.590. The van der Waals surface area contributed by atoms with Crippen molar-refractivity contribution < 1.29 is 0 Å². The minimum atomic E-state index is -2.00. The van der Waals surface area contributed by atoms with E-state index < -0.39 is 8.07 Å². The number of para-hydroxylation sites is 3. The fraction of sp³-hybridized carbons (Fsp3) is 0.250. The monoisotopic (exact) mass is 588 g/mol. The maximum Gasteiger partial charge on any atom is 0.332 e. The molecule has 218 valence electrons. The zero-order valence-electron chi connectivity index (χ0n) is 27.3. The van der Waals surface area contributed by atoms with Crippen molar-refractivity contribution in [2.75, 3.05) is 4.81 Å². The first-order chi connectivity index (χ1) is 20.9. The van der Waals surface area contributed by atoms with Gasteiger partial charge in [-0.05, 0) is 67.5 Å². The van der Waals surface area contributed by atoms with Crippen LogP contribution in [0.25, 0.3) is 27.5 Å². The van der Waals surface area contributed by atoms with Crippen molar-refractivity contribution in [1.82, 2.24) is 4.57 Å². The third-order valence-corrected chi connectivity index (χ3v) is 13.9. The molecule has 0 aliphatic carbocycles. The van der Waals surface area contributed by atoms with Gasteiger partial charge in [0.1, 0.15) is 8.07 Å². The molecule has 1 aromatic heterocycles. The molecule has 0 unspecified atom stereocenters. The first kappa shape index (κ1) is 27.5. The quantitative estimate of drug-likeness (QED) is 0.178. The van der Waals surface area contributed by atoms with Crippen molar-refractivity contribution in [3.63, 3.8) is 0 Å². The van der Waals surface area contributed by atoms with Gasteiger partial charge in [0.2, 0.25) is 0 Å². The van der Waals surface area contributed by atoms with E-state index in [1.54, 1.807) is 0 Å². The molecule has 0 saturated carbocycles. The molecule has 44 heavy (non-hydrogen) atoms. The van der Waals surface area contributed by atoms with Gasteiger partial charge in [-0.3, -0.25) is 0 Å². The number of anilines is 2. The number of fused-ring (bicyclic) bond motifs is 7. The highest BCUT2D eigenvalue weighted by molar-refractivity contribution is 7.04. The molecule has 0 bridgehead atoms. The normalized spacial score (nSPS) is 15.4. The van der Waals surface area contributed by atoms with Crippen LogP contribution in [0.5, 0.6) is 0 Å². The summed E-state index contributed by atoms with van der Waals surface area (Å²) in [6.07, 6.45) is 0. The molecular formula is C40H41BN2Si. The van der Waals surface area contributed by atoms with E-state index in [1.165, 1.54) is 71.3 Å². The summed E-state index contributed by atoms with van der Waals surface area (Å²) in [5.74, 6) is 0. The highest BCUT2D eigenvalue weighted by Gasteiger charge is 2.45. The molecule has 0 radical (unpaired) electrons. The second-order valence-electron chi connectivity index (χ2n) is 15.5. The average molecular weight is 589 g/mol. The van der Waals surface area contributed by atoms with Crippen LogP contribution < -0.4 is 26.1 Å². The van der Waals surface area contributed by atoms with Gasteiger partial charge in [0, 0.05) is 27.8 Å². The van der Waals surface area contributed by atoms with Gasteiger partial charge in [-0.15, -0.1) is 0 Å². The van der Waals surface area contributed by atoms with Crippen LogP contribution in [0.4, 0.5) is 11.4 Å². The number of hydrogen-bond donors (Lipinski definition) is 0. The maximum atomic E-state index is 2.74. The molecule has 0 fully saturated rings. The fourth-order valence-corrected chi connectivity index (χ4v) is 10.8. The van der Waals surface area contributed by atoms with E-state index >= 15 is 0 Å². The summed E-state index contributed by atoms with van der Waals surface area (Å²) in [5, 5.41) is 5.70. The molecule has 0 spiro atoms. The van der Waals surface area contributed by atoms with Crippen LogP contribution >= 0.6 is 0 Å². The standard InChI is InChI=1S/C40H41BN2Si/c1-39(2,3)26-20-22-36-34(24-26)43(35-25-27(40(4,5)6)21-23-37(35)44(36,7)8)41-30-16-10-12-19-33(30)42-32-18-11-9-14-28(32)29-15-13-17-31(41)38(29)42/h9-25H,1-8H3. The zero-order valence-corrected chi connectivity index (χ0v) is 28.3. The number of benzene rings is 5. The number of nitrogens with zero attached hydrogens (tertiary/aromatic N) is 2. The van der Waals surface area contributed by atoms with Gasteiger partial charge >= 0.3 is 6.85 Å². The lowest BCUT2D eigenvalue weighted by atomic mass is 9.46. The molecule has 2 aliphatic heterocycles. The van der Waals surface area contributed by atoms with Crippen LogP contribution in [-0.2, 0) is 10.8 Å². The van der Waals surface area contributed by atoms with E-state index in [-0.39, 0.29) is 17.7 Å². The van der Waals surface area contributed by atoms with Crippen LogP contribution in [0.3, 0.4) is 0 Å². The predicted octanol–water partition coefficient (Wildman–Crippen LogP) is 7.77. The van der Waals surface area contributed by atoms with E-state index in [2.05, 4.69) is 167 Å². The third kappa shape index (κ3) is 3.73. The molecule has 8 rings (SSSR count). The molecule has 0 atom stereocenters. The van der Waals surface area contributed by atoms with Gasteiger partial charge < -0.3 is 9.38 Å². The summed E-state index contributed by atoms with van der Waals surface area (Å²) >= 11 is 0. The summed E-state index contributed by atoms with van der Waals surface area (Å²) < 4.78 is 2.52.